The second-order valence-electron chi connectivity index (χ2n) is 7.05. The molecule has 2 fully saturated rings. The third-order valence-corrected chi connectivity index (χ3v) is 5.27. The summed E-state index contributed by atoms with van der Waals surface area (Å²) in [7, 11) is 0. The minimum absolute atomic E-state index is 0.00988. The maximum atomic E-state index is 12.6. The Morgan fingerprint density at radius 3 is 2.23 bits per heavy atom. The Morgan fingerprint density at radius 2 is 1.65 bits per heavy atom. The number of hydrogen-bond acceptors (Lipinski definition) is 5. The van der Waals surface area contributed by atoms with Crippen LogP contribution in [0.3, 0.4) is 0 Å². The molecule has 1 saturated heterocycles. The molecule has 3 rings (SSSR count). The molecule has 1 saturated carbocycles. The number of amides is 2. The van der Waals surface area contributed by atoms with Crippen LogP contribution in [0, 0.1) is 16.0 Å². The molecule has 2 unspecified atom stereocenters. The molecule has 1 aromatic carbocycles. The number of nitrogens with zero attached hydrogens (tertiary/aromatic N) is 3. The molecule has 2 amide bonds. The van der Waals surface area contributed by atoms with Crippen LogP contribution in [0.2, 0.25) is 0 Å². The minimum Gasteiger partial charge on any atom is -0.339 e. The molecule has 2 aliphatic rings. The van der Waals surface area contributed by atoms with Crippen molar-refractivity contribution in [1.82, 2.24) is 9.80 Å². The quantitative estimate of drug-likeness (QED) is 0.647. The van der Waals surface area contributed by atoms with Gasteiger partial charge in [0, 0.05) is 55.8 Å². The summed E-state index contributed by atoms with van der Waals surface area (Å²) >= 11 is 0. The number of nitro groups is 1. The van der Waals surface area contributed by atoms with Gasteiger partial charge in [0.15, 0.2) is 0 Å². The van der Waals surface area contributed by atoms with Crippen molar-refractivity contribution in [3.05, 3.63) is 39.9 Å². The van der Waals surface area contributed by atoms with Crippen molar-refractivity contribution in [2.45, 2.75) is 31.7 Å². The molecule has 2 atom stereocenters. The van der Waals surface area contributed by atoms with Gasteiger partial charge in [-0.2, -0.15) is 0 Å². The molecule has 0 radical (unpaired) electrons. The molecule has 0 aromatic heterocycles. The molecular weight excluding hydrogens is 336 g/mol. The van der Waals surface area contributed by atoms with Crippen molar-refractivity contribution >= 4 is 17.5 Å². The molecule has 2 N–H and O–H groups in total. The van der Waals surface area contributed by atoms with Gasteiger partial charge in [0.05, 0.1) is 4.92 Å². The summed E-state index contributed by atoms with van der Waals surface area (Å²) < 4.78 is 0. The number of piperazine rings is 1. The van der Waals surface area contributed by atoms with E-state index in [1.54, 1.807) is 4.90 Å². The topological polar surface area (TPSA) is 110 Å². The highest BCUT2D eigenvalue weighted by atomic mass is 16.6. The molecule has 140 valence electrons. The lowest BCUT2D eigenvalue weighted by Crippen LogP contribution is -2.52. The maximum absolute atomic E-state index is 12.6. The lowest BCUT2D eigenvalue weighted by atomic mass is 9.85. The Kier molecular flexibility index (Phi) is 5.51. The summed E-state index contributed by atoms with van der Waals surface area (Å²) in [5.74, 6) is 0.00458. The van der Waals surface area contributed by atoms with Crippen molar-refractivity contribution < 1.29 is 14.5 Å². The van der Waals surface area contributed by atoms with Gasteiger partial charge >= 0.3 is 0 Å². The van der Waals surface area contributed by atoms with Crippen molar-refractivity contribution in [3.63, 3.8) is 0 Å². The van der Waals surface area contributed by atoms with Crippen molar-refractivity contribution in [2.24, 2.45) is 11.7 Å². The first-order chi connectivity index (χ1) is 12.5. The SMILES string of the molecule is NC1CCCC(C(=O)N2CCN(C(=O)c3ccc([N+](=O)[O-])cc3)CC2)C1. The summed E-state index contributed by atoms with van der Waals surface area (Å²) in [6.45, 7) is 1.98. The summed E-state index contributed by atoms with van der Waals surface area (Å²) in [4.78, 5) is 38.9. The van der Waals surface area contributed by atoms with E-state index in [0.717, 1.165) is 25.7 Å². The molecule has 1 aliphatic carbocycles. The van der Waals surface area contributed by atoms with Gasteiger partial charge in [-0.05, 0) is 31.4 Å². The van der Waals surface area contributed by atoms with Crippen LogP contribution < -0.4 is 5.73 Å². The Morgan fingerprint density at radius 1 is 1.04 bits per heavy atom. The van der Waals surface area contributed by atoms with Crippen LogP contribution in [-0.2, 0) is 4.79 Å². The van der Waals surface area contributed by atoms with Crippen LogP contribution in [0.4, 0.5) is 5.69 Å². The normalized spacial score (nSPS) is 23.6. The Hall–Kier alpha value is -2.48. The molecule has 8 nitrogen and oxygen atoms in total. The maximum Gasteiger partial charge on any atom is 0.269 e. The van der Waals surface area contributed by atoms with Crippen LogP contribution in [0.25, 0.3) is 0 Å². The van der Waals surface area contributed by atoms with Gasteiger partial charge < -0.3 is 15.5 Å². The predicted octanol–water partition coefficient (Wildman–Crippen LogP) is 1.40. The molecule has 8 heteroatoms. The molecule has 0 bridgehead atoms. The van der Waals surface area contributed by atoms with E-state index in [2.05, 4.69) is 0 Å². The van der Waals surface area contributed by atoms with E-state index in [-0.39, 0.29) is 29.5 Å². The van der Waals surface area contributed by atoms with Crippen LogP contribution >= 0.6 is 0 Å². The van der Waals surface area contributed by atoms with Crippen LogP contribution in [-0.4, -0.2) is 58.8 Å². The van der Waals surface area contributed by atoms with Gasteiger partial charge in [0.2, 0.25) is 5.91 Å². The van der Waals surface area contributed by atoms with Gasteiger partial charge in [-0.25, -0.2) is 0 Å². The number of benzene rings is 1. The lowest BCUT2D eigenvalue weighted by molar-refractivity contribution is -0.384. The predicted molar refractivity (Wildman–Crippen MR) is 95.5 cm³/mol. The van der Waals surface area contributed by atoms with Gasteiger partial charge in [0.1, 0.15) is 0 Å². The number of carbonyl (C=O) groups is 2. The molecule has 0 spiro atoms. The van der Waals surface area contributed by atoms with E-state index in [1.807, 2.05) is 4.90 Å². The fraction of sp³-hybridized carbons (Fsp3) is 0.556. The van der Waals surface area contributed by atoms with Crippen LogP contribution in [0.1, 0.15) is 36.0 Å². The van der Waals surface area contributed by atoms with Crippen LogP contribution in [0.15, 0.2) is 24.3 Å². The van der Waals surface area contributed by atoms with Crippen molar-refractivity contribution in [3.8, 4) is 0 Å². The second-order valence-corrected chi connectivity index (χ2v) is 7.05. The minimum atomic E-state index is -0.490. The summed E-state index contributed by atoms with van der Waals surface area (Å²) in [5, 5.41) is 10.7. The Balaban J connectivity index is 1.55. The second kappa shape index (κ2) is 7.82. The van der Waals surface area contributed by atoms with E-state index in [9.17, 15) is 19.7 Å². The summed E-state index contributed by atoms with van der Waals surface area (Å²) in [5.41, 5.74) is 6.37. The summed E-state index contributed by atoms with van der Waals surface area (Å²) in [6.07, 6.45) is 3.63. The zero-order valence-electron chi connectivity index (χ0n) is 14.7. The highest BCUT2D eigenvalue weighted by Gasteiger charge is 2.31. The number of non-ortho nitro benzene ring substituents is 1. The third kappa shape index (κ3) is 4.01. The molecule has 1 aromatic rings. The number of nitro benzene ring substituents is 1. The number of rotatable bonds is 3. The van der Waals surface area contributed by atoms with E-state index < -0.39 is 4.92 Å². The molecule has 1 heterocycles. The zero-order chi connectivity index (χ0) is 18.7. The van der Waals surface area contributed by atoms with E-state index in [4.69, 9.17) is 5.73 Å². The van der Waals surface area contributed by atoms with Gasteiger partial charge in [-0.15, -0.1) is 0 Å². The number of carbonyl (C=O) groups excluding carboxylic acids is 2. The fourth-order valence-corrected chi connectivity index (χ4v) is 3.75. The summed E-state index contributed by atoms with van der Waals surface area (Å²) in [6, 6.07) is 5.73. The third-order valence-electron chi connectivity index (χ3n) is 5.27. The van der Waals surface area contributed by atoms with Gasteiger partial charge in [-0.3, -0.25) is 19.7 Å². The first kappa shape index (κ1) is 18.3. The van der Waals surface area contributed by atoms with Crippen molar-refractivity contribution in [2.75, 3.05) is 26.2 Å². The lowest BCUT2D eigenvalue weighted by Gasteiger charge is -2.37. The zero-order valence-corrected chi connectivity index (χ0v) is 14.7. The molecular formula is C18H24N4O4. The molecule has 1 aliphatic heterocycles. The van der Waals surface area contributed by atoms with E-state index in [1.165, 1.54) is 24.3 Å². The molecule has 26 heavy (non-hydrogen) atoms. The number of nitrogens with two attached hydrogens (primary N) is 1. The Labute approximate surface area is 152 Å². The average molecular weight is 360 g/mol. The highest BCUT2D eigenvalue weighted by molar-refractivity contribution is 5.94. The first-order valence-electron chi connectivity index (χ1n) is 9.04. The van der Waals surface area contributed by atoms with E-state index >= 15 is 0 Å². The van der Waals surface area contributed by atoms with Gasteiger partial charge in [-0.1, -0.05) is 6.42 Å². The van der Waals surface area contributed by atoms with E-state index in [0.29, 0.717) is 31.7 Å². The highest BCUT2D eigenvalue weighted by Crippen LogP contribution is 2.25. The first-order valence-corrected chi connectivity index (χ1v) is 9.04. The Bertz CT molecular complexity index is 683. The fourth-order valence-electron chi connectivity index (χ4n) is 3.75. The van der Waals surface area contributed by atoms with Crippen molar-refractivity contribution in [1.29, 1.82) is 0 Å². The average Bonchev–Trinajstić information content (AvgIpc) is 2.67. The number of hydrogen-bond donors (Lipinski definition) is 1. The standard InChI is InChI=1S/C18H24N4O4/c19-15-3-1-2-14(12-15)18(24)21-10-8-20(9-11-21)17(23)13-4-6-16(7-5-13)22(25)26/h4-7,14-15H,1-3,8-12,19H2. The van der Waals surface area contributed by atoms with Crippen LogP contribution in [0.5, 0.6) is 0 Å². The van der Waals surface area contributed by atoms with Gasteiger partial charge in [0.25, 0.3) is 11.6 Å². The largest absolute Gasteiger partial charge is 0.339 e. The smallest absolute Gasteiger partial charge is 0.269 e. The monoisotopic (exact) mass is 360 g/mol.